The van der Waals surface area contributed by atoms with Crippen molar-refractivity contribution in [2.45, 2.75) is 23.8 Å². The molecule has 0 aromatic heterocycles. The zero-order chi connectivity index (χ0) is 15.3. The quantitative estimate of drug-likeness (QED) is 0.854. The Bertz CT molecular complexity index is 560. The van der Waals surface area contributed by atoms with Crippen LogP contribution in [0.5, 0.6) is 5.75 Å². The Labute approximate surface area is 127 Å². The monoisotopic (exact) mass is 312 g/mol. The van der Waals surface area contributed by atoms with Crippen LogP contribution in [0.25, 0.3) is 0 Å². The molecule has 1 saturated heterocycles. The minimum Gasteiger partial charge on any atom is -0.492 e. The van der Waals surface area contributed by atoms with Gasteiger partial charge in [0, 0.05) is 25.4 Å². The number of benzene rings is 1. The lowest BCUT2D eigenvalue weighted by Crippen LogP contribution is -2.45. The van der Waals surface area contributed by atoms with Gasteiger partial charge in [-0.1, -0.05) is 6.07 Å². The van der Waals surface area contributed by atoms with Gasteiger partial charge in [-0.05, 0) is 44.6 Å². The summed E-state index contributed by atoms with van der Waals surface area (Å²) in [5, 5.41) is 3.32. The molecule has 0 radical (unpaired) electrons. The van der Waals surface area contributed by atoms with Crippen LogP contribution < -0.4 is 10.1 Å². The zero-order valence-corrected chi connectivity index (χ0v) is 13.5. The van der Waals surface area contributed by atoms with E-state index in [-0.39, 0.29) is 0 Å². The summed E-state index contributed by atoms with van der Waals surface area (Å²) in [6.07, 6.45) is 3.64. The molecule has 0 saturated carbocycles. The number of hydrogen-bond donors (Lipinski definition) is 1. The van der Waals surface area contributed by atoms with E-state index in [2.05, 4.69) is 10.2 Å². The first kappa shape index (κ1) is 16.3. The Kier molecular flexibility index (Phi) is 5.61. The van der Waals surface area contributed by atoms with Gasteiger partial charge >= 0.3 is 0 Å². The van der Waals surface area contributed by atoms with E-state index >= 15 is 0 Å². The summed E-state index contributed by atoms with van der Waals surface area (Å²) in [6, 6.07) is 7.24. The molecule has 1 fully saturated rings. The number of likely N-dealkylation sites (tertiary alicyclic amines) is 1. The molecule has 1 aromatic carbocycles. The van der Waals surface area contributed by atoms with E-state index in [4.69, 9.17) is 4.74 Å². The van der Waals surface area contributed by atoms with Gasteiger partial charge in [0.05, 0.1) is 4.90 Å². The standard InChI is InChI=1S/C15H24N2O3S/c1-16-13-5-4-8-17(12-13)9-10-20-14-6-3-7-15(11-14)21(2,18)19/h3,6-7,11,13,16H,4-5,8-10,12H2,1-2H3. The molecule has 0 bridgehead atoms. The van der Waals surface area contributed by atoms with Gasteiger partial charge in [0.1, 0.15) is 12.4 Å². The average Bonchev–Trinajstić information content (AvgIpc) is 2.47. The number of ether oxygens (including phenoxy) is 1. The van der Waals surface area contributed by atoms with Crippen molar-refractivity contribution < 1.29 is 13.2 Å². The Balaban J connectivity index is 1.83. The summed E-state index contributed by atoms with van der Waals surface area (Å²) in [5.74, 6) is 0.611. The van der Waals surface area contributed by atoms with Crippen LogP contribution in [-0.2, 0) is 9.84 Å². The van der Waals surface area contributed by atoms with Crippen LogP contribution in [0.2, 0.25) is 0 Å². The molecule has 0 amide bonds. The highest BCUT2D eigenvalue weighted by atomic mass is 32.2. The third kappa shape index (κ3) is 4.98. The fraction of sp³-hybridized carbons (Fsp3) is 0.600. The summed E-state index contributed by atoms with van der Waals surface area (Å²) in [6.45, 7) is 3.58. The van der Waals surface area contributed by atoms with Gasteiger partial charge < -0.3 is 10.1 Å². The number of nitrogens with one attached hydrogen (secondary N) is 1. The molecule has 2 rings (SSSR count). The summed E-state index contributed by atoms with van der Waals surface area (Å²) >= 11 is 0. The molecular formula is C15H24N2O3S. The first-order valence-corrected chi connectivity index (χ1v) is 9.21. The van der Waals surface area contributed by atoms with Crippen molar-refractivity contribution in [3.05, 3.63) is 24.3 Å². The van der Waals surface area contributed by atoms with Crippen molar-refractivity contribution in [3.63, 3.8) is 0 Å². The second-order valence-corrected chi connectivity index (χ2v) is 7.54. The van der Waals surface area contributed by atoms with Crippen molar-refractivity contribution in [1.29, 1.82) is 0 Å². The molecule has 1 heterocycles. The Morgan fingerprint density at radius 1 is 1.43 bits per heavy atom. The predicted octanol–water partition coefficient (Wildman–Crippen LogP) is 1.15. The first-order chi connectivity index (χ1) is 9.99. The van der Waals surface area contributed by atoms with E-state index in [9.17, 15) is 8.42 Å². The maximum atomic E-state index is 11.5. The van der Waals surface area contributed by atoms with Gasteiger partial charge in [-0.25, -0.2) is 8.42 Å². The molecule has 0 spiro atoms. The molecule has 1 atom stereocenters. The van der Waals surface area contributed by atoms with Gasteiger partial charge in [0.15, 0.2) is 9.84 Å². The van der Waals surface area contributed by atoms with E-state index in [0.717, 1.165) is 19.6 Å². The molecule has 1 aliphatic rings. The highest BCUT2D eigenvalue weighted by Crippen LogP contribution is 2.17. The first-order valence-electron chi connectivity index (χ1n) is 7.31. The van der Waals surface area contributed by atoms with Gasteiger partial charge in [-0.3, -0.25) is 4.90 Å². The van der Waals surface area contributed by atoms with Crippen molar-refractivity contribution in [1.82, 2.24) is 10.2 Å². The number of hydrogen-bond acceptors (Lipinski definition) is 5. The number of likely N-dealkylation sites (N-methyl/N-ethyl adjacent to an activating group) is 1. The van der Waals surface area contributed by atoms with E-state index in [1.54, 1.807) is 24.3 Å². The lowest BCUT2D eigenvalue weighted by Gasteiger charge is -2.32. The van der Waals surface area contributed by atoms with Crippen LogP contribution >= 0.6 is 0 Å². The Morgan fingerprint density at radius 3 is 2.95 bits per heavy atom. The van der Waals surface area contributed by atoms with E-state index in [1.807, 2.05) is 7.05 Å². The Morgan fingerprint density at radius 2 is 2.24 bits per heavy atom. The second-order valence-electron chi connectivity index (χ2n) is 5.52. The molecule has 5 nitrogen and oxygen atoms in total. The maximum absolute atomic E-state index is 11.5. The molecule has 0 aliphatic carbocycles. The van der Waals surface area contributed by atoms with E-state index in [0.29, 0.717) is 23.3 Å². The molecule has 118 valence electrons. The van der Waals surface area contributed by atoms with E-state index in [1.165, 1.54) is 19.1 Å². The molecular weight excluding hydrogens is 288 g/mol. The zero-order valence-electron chi connectivity index (χ0n) is 12.7. The van der Waals surface area contributed by atoms with Crippen molar-refractivity contribution >= 4 is 9.84 Å². The van der Waals surface area contributed by atoms with Crippen LogP contribution in [-0.4, -0.2) is 58.9 Å². The number of sulfone groups is 1. The van der Waals surface area contributed by atoms with Crippen LogP contribution in [0.3, 0.4) is 0 Å². The number of piperidine rings is 1. The molecule has 1 aliphatic heterocycles. The van der Waals surface area contributed by atoms with Crippen molar-refractivity contribution in [2.24, 2.45) is 0 Å². The van der Waals surface area contributed by atoms with Crippen LogP contribution in [0, 0.1) is 0 Å². The molecule has 1 N–H and O–H groups in total. The van der Waals surface area contributed by atoms with Crippen LogP contribution in [0.15, 0.2) is 29.2 Å². The number of rotatable bonds is 6. The lowest BCUT2D eigenvalue weighted by atomic mass is 10.1. The third-order valence-electron chi connectivity index (χ3n) is 3.82. The van der Waals surface area contributed by atoms with Gasteiger partial charge in [0.25, 0.3) is 0 Å². The van der Waals surface area contributed by atoms with Crippen LogP contribution in [0.4, 0.5) is 0 Å². The third-order valence-corrected chi connectivity index (χ3v) is 4.93. The lowest BCUT2D eigenvalue weighted by molar-refractivity contribution is 0.162. The molecule has 21 heavy (non-hydrogen) atoms. The fourth-order valence-corrected chi connectivity index (χ4v) is 3.24. The average molecular weight is 312 g/mol. The smallest absolute Gasteiger partial charge is 0.175 e. The van der Waals surface area contributed by atoms with Crippen molar-refractivity contribution in [2.75, 3.05) is 39.5 Å². The largest absolute Gasteiger partial charge is 0.492 e. The molecule has 6 heteroatoms. The van der Waals surface area contributed by atoms with Gasteiger partial charge in [-0.2, -0.15) is 0 Å². The summed E-state index contributed by atoms with van der Waals surface area (Å²) in [7, 11) is -1.18. The highest BCUT2D eigenvalue weighted by molar-refractivity contribution is 7.90. The van der Waals surface area contributed by atoms with Crippen molar-refractivity contribution in [3.8, 4) is 5.75 Å². The van der Waals surface area contributed by atoms with Gasteiger partial charge in [0.2, 0.25) is 0 Å². The normalized spacial score (nSPS) is 20.4. The summed E-state index contributed by atoms with van der Waals surface area (Å²) in [5.41, 5.74) is 0. The number of nitrogens with zero attached hydrogens (tertiary/aromatic N) is 1. The van der Waals surface area contributed by atoms with Gasteiger partial charge in [-0.15, -0.1) is 0 Å². The SMILES string of the molecule is CNC1CCCN(CCOc2cccc(S(C)(=O)=O)c2)C1. The minimum atomic E-state index is -3.18. The Hall–Kier alpha value is -1.11. The topological polar surface area (TPSA) is 58.6 Å². The van der Waals surface area contributed by atoms with E-state index < -0.39 is 9.84 Å². The maximum Gasteiger partial charge on any atom is 0.175 e. The second kappa shape index (κ2) is 7.24. The molecule has 1 unspecified atom stereocenters. The van der Waals surface area contributed by atoms with Crippen LogP contribution in [0.1, 0.15) is 12.8 Å². The highest BCUT2D eigenvalue weighted by Gasteiger charge is 2.17. The minimum absolute atomic E-state index is 0.299. The fourth-order valence-electron chi connectivity index (χ4n) is 2.58. The predicted molar refractivity (Wildman–Crippen MR) is 83.6 cm³/mol. The summed E-state index contributed by atoms with van der Waals surface area (Å²) < 4.78 is 28.7. The molecule has 1 aromatic rings. The summed E-state index contributed by atoms with van der Waals surface area (Å²) in [4.78, 5) is 2.68.